The molecule has 0 saturated carbocycles. The summed E-state index contributed by atoms with van der Waals surface area (Å²) in [5, 5.41) is 9.11. The third-order valence-corrected chi connectivity index (χ3v) is 4.38. The molecule has 1 aliphatic rings. The maximum Gasteiger partial charge on any atom is 0.274 e. The van der Waals surface area contributed by atoms with E-state index in [1.807, 2.05) is 30.3 Å². The van der Waals surface area contributed by atoms with E-state index >= 15 is 0 Å². The van der Waals surface area contributed by atoms with Crippen molar-refractivity contribution in [1.29, 1.82) is 5.26 Å². The first-order valence-corrected chi connectivity index (χ1v) is 8.63. The number of para-hydroxylation sites is 2. The van der Waals surface area contributed by atoms with E-state index in [0.717, 1.165) is 18.4 Å². The zero-order valence-electron chi connectivity index (χ0n) is 14.4. The summed E-state index contributed by atoms with van der Waals surface area (Å²) < 4.78 is 5.84. The van der Waals surface area contributed by atoms with Gasteiger partial charge in [-0.15, -0.1) is 0 Å². The Morgan fingerprint density at radius 1 is 1.19 bits per heavy atom. The highest BCUT2D eigenvalue weighted by Crippen LogP contribution is 2.20. The van der Waals surface area contributed by atoms with Crippen LogP contribution >= 0.6 is 0 Å². The summed E-state index contributed by atoms with van der Waals surface area (Å²) in [7, 11) is 0. The summed E-state index contributed by atoms with van der Waals surface area (Å²) in [5.74, 6) is 0.0194. The number of nitriles is 1. The number of fused-ring (bicyclic) bond motifs is 1. The van der Waals surface area contributed by atoms with Gasteiger partial charge >= 0.3 is 0 Å². The Morgan fingerprint density at radius 2 is 2.00 bits per heavy atom. The number of amides is 1. The van der Waals surface area contributed by atoms with E-state index in [1.54, 1.807) is 4.90 Å². The number of nitrogens with zero attached hydrogens (tertiary/aromatic N) is 6. The molecule has 3 heterocycles. The van der Waals surface area contributed by atoms with Gasteiger partial charge in [0.15, 0.2) is 0 Å². The first-order valence-electron chi connectivity index (χ1n) is 8.63. The fraction of sp³-hybridized carbons (Fsp3) is 0.263. The molecule has 2 aromatic heterocycles. The van der Waals surface area contributed by atoms with Crippen molar-refractivity contribution in [3.63, 3.8) is 0 Å². The second-order valence-electron chi connectivity index (χ2n) is 6.20. The van der Waals surface area contributed by atoms with Crippen molar-refractivity contribution < 1.29 is 9.53 Å². The van der Waals surface area contributed by atoms with Gasteiger partial charge in [-0.05, 0) is 25.0 Å². The highest BCUT2D eigenvalue weighted by molar-refractivity contribution is 5.93. The fourth-order valence-electron chi connectivity index (χ4n) is 3.09. The molecule has 1 aromatic carbocycles. The predicted molar refractivity (Wildman–Crippen MR) is 95.8 cm³/mol. The van der Waals surface area contributed by atoms with Crippen LogP contribution < -0.4 is 4.74 Å². The molecule has 1 amide bonds. The van der Waals surface area contributed by atoms with Crippen LogP contribution in [0.25, 0.3) is 11.0 Å². The Labute approximate surface area is 155 Å². The highest BCUT2D eigenvalue weighted by atomic mass is 16.5. The summed E-state index contributed by atoms with van der Waals surface area (Å²) in [5.41, 5.74) is 1.89. The zero-order valence-corrected chi connectivity index (χ0v) is 14.4. The molecule has 1 atom stereocenters. The molecule has 134 valence electrons. The van der Waals surface area contributed by atoms with Crippen LogP contribution in [-0.2, 0) is 0 Å². The van der Waals surface area contributed by atoms with Gasteiger partial charge in [0.2, 0.25) is 5.69 Å². The normalized spacial score (nSPS) is 16.7. The Kier molecular flexibility index (Phi) is 4.58. The van der Waals surface area contributed by atoms with E-state index in [-0.39, 0.29) is 23.6 Å². The summed E-state index contributed by atoms with van der Waals surface area (Å²) in [4.78, 5) is 31.3. The molecule has 0 radical (unpaired) electrons. The second-order valence-corrected chi connectivity index (χ2v) is 6.20. The number of carbonyl (C=O) groups is 1. The molecule has 0 bridgehead atoms. The summed E-state index contributed by atoms with van der Waals surface area (Å²) in [6.07, 6.45) is 5.74. The molecular weight excluding hydrogens is 344 g/mol. The van der Waals surface area contributed by atoms with Gasteiger partial charge < -0.3 is 9.64 Å². The topological polar surface area (TPSA) is 105 Å². The number of ether oxygens (including phenoxy) is 1. The van der Waals surface area contributed by atoms with Crippen molar-refractivity contribution in [2.24, 2.45) is 0 Å². The Morgan fingerprint density at radius 3 is 2.85 bits per heavy atom. The maximum atomic E-state index is 12.9. The lowest BCUT2D eigenvalue weighted by molar-refractivity contribution is 0.0521. The van der Waals surface area contributed by atoms with Crippen LogP contribution in [0, 0.1) is 11.3 Å². The lowest BCUT2D eigenvalue weighted by Gasteiger charge is -2.32. The minimum Gasteiger partial charge on any atom is -0.470 e. The molecule has 1 aliphatic heterocycles. The van der Waals surface area contributed by atoms with Crippen molar-refractivity contribution in [1.82, 2.24) is 24.8 Å². The smallest absolute Gasteiger partial charge is 0.274 e. The molecule has 27 heavy (non-hydrogen) atoms. The molecule has 0 aliphatic carbocycles. The molecule has 0 N–H and O–H groups in total. The Bertz CT molecular complexity index is 1030. The maximum absolute atomic E-state index is 12.9. The fourth-order valence-corrected chi connectivity index (χ4v) is 3.09. The summed E-state index contributed by atoms with van der Waals surface area (Å²) >= 11 is 0. The molecular formula is C19H16N6O2. The summed E-state index contributed by atoms with van der Waals surface area (Å²) in [6, 6.07) is 9.40. The van der Waals surface area contributed by atoms with Crippen LogP contribution in [0.3, 0.4) is 0 Å². The number of benzene rings is 1. The number of hydrogen-bond donors (Lipinski definition) is 0. The SMILES string of the molecule is N#Cc1nccnc1O[C@H]1CCCN(C(=O)c2cnc3ccccc3n2)C1. The average molecular weight is 360 g/mol. The molecule has 4 rings (SSSR count). The van der Waals surface area contributed by atoms with Gasteiger partial charge in [0.1, 0.15) is 17.9 Å². The van der Waals surface area contributed by atoms with Crippen LogP contribution in [0.15, 0.2) is 42.9 Å². The van der Waals surface area contributed by atoms with Crippen molar-refractivity contribution in [2.75, 3.05) is 13.1 Å². The molecule has 1 saturated heterocycles. The second kappa shape index (κ2) is 7.33. The Hall–Kier alpha value is -3.60. The Balaban J connectivity index is 1.50. The average Bonchev–Trinajstić information content (AvgIpc) is 2.73. The summed E-state index contributed by atoms with van der Waals surface area (Å²) in [6.45, 7) is 1.02. The number of carbonyl (C=O) groups excluding carboxylic acids is 1. The van der Waals surface area contributed by atoms with Gasteiger partial charge in [0.05, 0.1) is 23.8 Å². The van der Waals surface area contributed by atoms with Crippen LogP contribution in [-0.4, -0.2) is 49.9 Å². The number of hydrogen-bond acceptors (Lipinski definition) is 7. The molecule has 3 aromatic rings. The third kappa shape index (κ3) is 3.53. The van der Waals surface area contributed by atoms with Crippen LogP contribution in [0.2, 0.25) is 0 Å². The zero-order chi connectivity index (χ0) is 18.6. The number of aromatic nitrogens is 4. The van der Waals surface area contributed by atoms with Gasteiger partial charge in [0, 0.05) is 18.9 Å². The number of likely N-dealkylation sites (tertiary alicyclic amines) is 1. The van der Waals surface area contributed by atoms with Gasteiger partial charge in [-0.25, -0.2) is 15.0 Å². The molecule has 8 nitrogen and oxygen atoms in total. The predicted octanol–water partition coefficient (Wildman–Crippen LogP) is 1.98. The van der Waals surface area contributed by atoms with Gasteiger partial charge in [-0.1, -0.05) is 12.1 Å². The number of piperidine rings is 1. The standard InChI is InChI=1S/C19H16N6O2/c20-10-16-18(22-8-7-21-16)27-13-4-3-9-25(12-13)19(26)17-11-23-14-5-1-2-6-15(14)24-17/h1-2,5-8,11,13H,3-4,9,12H2/t13-/m0/s1. The lowest BCUT2D eigenvalue weighted by atomic mass is 10.1. The van der Waals surface area contributed by atoms with E-state index < -0.39 is 0 Å². The first-order chi connectivity index (χ1) is 13.2. The van der Waals surface area contributed by atoms with E-state index in [2.05, 4.69) is 19.9 Å². The van der Waals surface area contributed by atoms with E-state index in [4.69, 9.17) is 10.00 Å². The van der Waals surface area contributed by atoms with Crippen molar-refractivity contribution >= 4 is 16.9 Å². The minimum atomic E-state index is -0.250. The van der Waals surface area contributed by atoms with E-state index in [0.29, 0.717) is 24.3 Å². The number of rotatable bonds is 3. The molecule has 8 heteroatoms. The van der Waals surface area contributed by atoms with Crippen LogP contribution in [0.5, 0.6) is 5.88 Å². The van der Waals surface area contributed by atoms with Crippen LogP contribution in [0.1, 0.15) is 29.0 Å². The van der Waals surface area contributed by atoms with E-state index in [1.165, 1.54) is 18.6 Å². The monoisotopic (exact) mass is 360 g/mol. The van der Waals surface area contributed by atoms with E-state index in [9.17, 15) is 4.79 Å². The van der Waals surface area contributed by atoms with Gasteiger partial charge in [-0.3, -0.25) is 9.78 Å². The molecule has 0 unspecified atom stereocenters. The largest absolute Gasteiger partial charge is 0.470 e. The van der Waals surface area contributed by atoms with Gasteiger partial charge in [-0.2, -0.15) is 5.26 Å². The lowest BCUT2D eigenvalue weighted by Crippen LogP contribution is -2.44. The van der Waals surface area contributed by atoms with Crippen molar-refractivity contribution in [3.05, 3.63) is 54.2 Å². The quantitative estimate of drug-likeness (QED) is 0.703. The van der Waals surface area contributed by atoms with Crippen molar-refractivity contribution in [3.8, 4) is 11.9 Å². The molecule has 0 spiro atoms. The first kappa shape index (κ1) is 16.8. The molecule has 1 fully saturated rings. The van der Waals surface area contributed by atoms with Crippen LogP contribution in [0.4, 0.5) is 0 Å². The van der Waals surface area contributed by atoms with Crippen molar-refractivity contribution in [2.45, 2.75) is 18.9 Å². The minimum absolute atomic E-state index is 0.140. The third-order valence-electron chi connectivity index (χ3n) is 4.38. The van der Waals surface area contributed by atoms with Gasteiger partial charge in [0.25, 0.3) is 11.8 Å². The highest BCUT2D eigenvalue weighted by Gasteiger charge is 2.27.